The van der Waals surface area contributed by atoms with Gasteiger partial charge in [0.05, 0.1) is 11.1 Å². The number of aromatic nitrogens is 2. The molecule has 1 aromatic heterocycles. The zero-order valence-corrected chi connectivity index (χ0v) is 11.5. The van der Waals surface area contributed by atoms with Crippen molar-refractivity contribution in [2.45, 2.75) is 38.3 Å². The normalized spacial score (nSPS) is 22.3. The van der Waals surface area contributed by atoms with Crippen LogP contribution in [0.2, 0.25) is 0 Å². The van der Waals surface area contributed by atoms with Crippen molar-refractivity contribution < 1.29 is 13.5 Å². The molecular formula is C14H17F2N3O. The number of nitrogens with two attached hydrogens (primary N) is 1. The molecule has 0 saturated carbocycles. The summed E-state index contributed by atoms with van der Waals surface area (Å²) in [6.07, 6.45) is 1.38. The zero-order chi connectivity index (χ0) is 14.5. The molecule has 3 rings (SSSR count). The molecule has 0 bridgehead atoms. The summed E-state index contributed by atoms with van der Waals surface area (Å²) in [6, 6.07) is 2.48. The molecule has 20 heavy (non-hydrogen) atoms. The highest BCUT2D eigenvalue weighted by molar-refractivity contribution is 5.79. The van der Waals surface area contributed by atoms with Gasteiger partial charge in [0, 0.05) is 12.6 Å². The Morgan fingerprint density at radius 3 is 2.85 bits per heavy atom. The molecule has 6 heteroatoms. The first-order valence-electron chi connectivity index (χ1n) is 6.64. The number of fused-ring (bicyclic) bond motifs is 1. The number of hydrogen-bond donors (Lipinski definition) is 1. The molecule has 0 aliphatic carbocycles. The van der Waals surface area contributed by atoms with Crippen LogP contribution in [-0.2, 0) is 4.74 Å². The van der Waals surface area contributed by atoms with Gasteiger partial charge in [0.1, 0.15) is 5.52 Å². The van der Waals surface area contributed by atoms with E-state index in [1.165, 1.54) is 6.07 Å². The predicted octanol–water partition coefficient (Wildman–Crippen LogP) is 3.03. The Morgan fingerprint density at radius 2 is 2.15 bits per heavy atom. The quantitative estimate of drug-likeness (QED) is 0.874. The van der Waals surface area contributed by atoms with Crippen LogP contribution < -0.4 is 5.73 Å². The third kappa shape index (κ3) is 2.04. The van der Waals surface area contributed by atoms with E-state index in [9.17, 15) is 8.78 Å². The van der Waals surface area contributed by atoms with Gasteiger partial charge in [0.25, 0.3) is 0 Å². The van der Waals surface area contributed by atoms with E-state index in [1.54, 1.807) is 4.57 Å². The highest BCUT2D eigenvalue weighted by atomic mass is 19.2. The summed E-state index contributed by atoms with van der Waals surface area (Å²) in [5, 5.41) is 0. The van der Waals surface area contributed by atoms with Gasteiger partial charge in [0.2, 0.25) is 5.95 Å². The van der Waals surface area contributed by atoms with E-state index in [4.69, 9.17) is 10.5 Å². The lowest BCUT2D eigenvalue weighted by Crippen LogP contribution is -2.35. The molecule has 2 aromatic rings. The van der Waals surface area contributed by atoms with Crippen LogP contribution >= 0.6 is 0 Å². The summed E-state index contributed by atoms with van der Waals surface area (Å²) in [6.45, 7) is 4.52. The standard InChI is InChI=1S/C14H17F2N3O/c1-14(2)7-8(5-6-20-14)19-12-10(18-13(19)17)4-3-9(15)11(12)16/h3-4,8H,5-7H2,1-2H3,(H2,17,18). The molecule has 1 aliphatic rings. The molecule has 1 aliphatic heterocycles. The molecule has 2 N–H and O–H groups in total. The molecule has 4 nitrogen and oxygen atoms in total. The van der Waals surface area contributed by atoms with Crippen LogP contribution in [0.15, 0.2) is 12.1 Å². The fourth-order valence-corrected chi connectivity index (χ4v) is 2.93. The first-order chi connectivity index (χ1) is 9.39. The molecule has 1 unspecified atom stereocenters. The van der Waals surface area contributed by atoms with Crippen molar-refractivity contribution in [1.29, 1.82) is 0 Å². The Kier molecular flexibility index (Phi) is 2.93. The van der Waals surface area contributed by atoms with Crippen LogP contribution in [-0.4, -0.2) is 21.8 Å². The van der Waals surface area contributed by atoms with E-state index >= 15 is 0 Å². The summed E-state index contributed by atoms with van der Waals surface area (Å²) >= 11 is 0. The number of imidazole rings is 1. The fourth-order valence-electron chi connectivity index (χ4n) is 2.93. The van der Waals surface area contributed by atoms with Crippen molar-refractivity contribution in [1.82, 2.24) is 9.55 Å². The minimum atomic E-state index is -0.893. The minimum absolute atomic E-state index is 0.0416. The van der Waals surface area contributed by atoms with E-state index < -0.39 is 11.6 Å². The minimum Gasteiger partial charge on any atom is -0.375 e. The second-order valence-corrected chi connectivity index (χ2v) is 5.82. The van der Waals surface area contributed by atoms with Gasteiger partial charge in [0.15, 0.2) is 11.6 Å². The van der Waals surface area contributed by atoms with Gasteiger partial charge in [-0.1, -0.05) is 0 Å². The van der Waals surface area contributed by atoms with Crippen molar-refractivity contribution in [2.24, 2.45) is 0 Å². The van der Waals surface area contributed by atoms with Crippen molar-refractivity contribution >= 4 is 17.0 Å². The summed E-state index contributed by atoms with van der Waals surface area (Å²) < 4.78 is 34.8. The first kappa shape index (κ1) is 13.3. The average molecular weight is 281 g/mol. The third-order valence-corrected chi connectivity index (χ3v) is 3.81. The molecule has 1 fully saturated rings. The second kappa shape index (κ2) is 4.41. The van der Waals surface area contributed by atoms with Crippen LogP contribution in [0.5, 0.6) is 0 Å². The van der Waals surface area contributed by atoms with Crippen LogP contribution in [0.1, 0.15) is 32.7 Å². The Bertz CT molecular complexity index is 666. The van der Waals surface area contributed by atoms with E-state index in [1.807, 2.05) is 13.8 Å². The van der Waals surface area contributed by atoms with E-state index in [-0.39, 0.29) is 23.1 Å². The van der Waals surface area contributed by atoms with Crippen LogP contribution in [0, 0.1) is 11.6 Å². The van der Waals surface area contributed by atoms with E-state index in [2.05, 4.69) is 4.98 Å². The molecule has 108 valence electrons. The summed E-state index contributed by atoms with van der Waals surface area (Å²) in [7, 11) is 0. The van der Waals surface area contributed by atoms with Crippen molar-refractivity contribution in [3.63, 3.8) is 0 Å². The van der Waals surface area contributed by atoms with Gasteiger partial charge >= 0.3 is 0 Å². The Labute approximate surface area is 115 Å². The number of nitrogen functional groups attached to an aromatic ring is 1. The lowest BCUT2D eigenvalue weighted by Gasteiger charge is -2.36. The highest BCUT2D eigenvalue weighted by Crippen LogP contribution is 2.36. The monoisotopic (exact) mass is 281 g/mol. The maximum Gasteiger partial charge on any atom is 0.201 e. The largest absolute Gasteiger partial charge is 0.375 e. The Morgan fingerprint density at radius 1 is 1.40 bits per heavy atom. The zero-order valence-electron chi connectivity index (χ0n) is 11.5. The lowest BCUT2D eigenvalue weighted by molar-refractivity contribution is -0.0682. The highest BCUT2D eigenvalue weighted by Gasteiger charge is 2.32. The topological polar surface area (TPSA) is 53.1 Å². The van der Waals surface area contributed by atoms with Gasteiger partial charge in [-0.25, -0.2) is 13.8 Å². The fraction of sp³-hybridized carbons (Fsp3) is 0.500. The molecule has 1 saturated heterocycles. The molecular weight excluding hydrogens is 264 g/mol. The number of anilines is 1. The summed E-state index contributed by atoms with van der Waals surface area (Å²) in [4.78, 5) is 4.13. The molecule has 0 spiro atoms. The summed E-state index contributed by atoms with van der Waals surface area (Å²) in [5.41, 5.74) is 6.13. The summed E-state index contributed by atoms with van der Waals surface area (Å²) in [5.74, 6) is -1.56. The molecule has 0 amide bonds. The lowest BCUT2D eigenvalue weighted by atomic mass is 9.93. The Hall–Kier alpha value is -1.69. The smallest absolute Gasteiger partial charge is 0.201 e. The predicted molar refractivity (Wildman–Crippen MR) is 72.4 cm³/mol. The van der Waals surface area contributed by atoms with Gasteiger partial charge in [-0.15, -0.1) is 0 Å². The third-order valence-electron chi connectivity index (χ3n) is 3.81. The first-order valence-corrected chi connectivity index (χ1v) is 6.64. The number of ether oxygens (including phenoxy) is 1. The molecule has 1 atom stereocenters. The van der Waals surface area contributed by atoms with Gasteiger partial charge in [-0.3, -0.25) is 0 Å². The maximum absolute atomic E-state index is 14.1. The van der Waals surface area contributed by atoms with Gasteiger partial charge in [-0.05, 0) is 38.8 Å². The second-order valence-electron chi connectivity index (χ2n) is 5.82. The number of rotatable bonds is 1. The van der Waals surface area contributed by atoms with Crippen LogP contribution in [0.25, 0.3) is 11.0 Å². The van der Waals surface area contributed by atoms with Crippen molar-refractivity contribution in [2.75, 3.05) is 12.3 Å². The maximum atomic E-state index is 14.1. The molecule has 2 heterocycles. The number of hydrogen-bond acceptors (Lipinski definition) is 3. The molecule has 0 radical (unpaired) electrons. The van der Waals surface area contributed by atoms with Crippen LogP contribution in [0.3, 0.4) is 0 Å². The van der Waals surface area contributed by atoms with Gasteiger partial charge < -0.3 is 15.0 Å². The number of benzene rings is 1. The SMILES string of the molecule is CC1(C)CC(n2c(N)nc3ccc(F)c(F)c32)CCO1. The number of nitrogens with zero attached hydrogens (tertiary/aromatic N) is 2. The van der Waals surface area contributed by atoms with Crippen LogP contribution in [0.4, 0.5) is 14.7 Å². The van der Waals surface area contributed by atoms with Crippen molar-refractivity contribution in [3.05, 3.63) is 23.8 Å². The molecule has 1 aromatic carbocycles. The van der Waals surface area contributed by atoms with Crippen molar-refractivity contribution in [3.8, 4) is 0 Å². The average Bonchev–Trinajstić information content (AvgIpc) is 2.70. The van der Waals surface area contributed by atoms with E-state index in [0.29, 0.717) is 25.0 Å². The number of halogens is 2. The Balaban J connectivity index is 2.15. The van der Waals surface area contributed by atoms with E-state index in [0.717, 1.165) is 6.07 Å². The van der Waals surface area contributed by atoms with Gasteiger partial charge in [-0.2, -0.15) is 0 Å².